The zero-order valence-electron chi connectivity index (χ0n) is 13.2. The first-order valence-corrected chi connectivity index (χ1v) is 7.67. The van der Waals surface area contributed by atoms with Gasteiger partial charge in [0.1, 0.15) is 5.82 Å². The van der Waals surface area contributed by atoms with Crippen molar-refractivity contribution in [2.75, 3.05) is 0 Å². The van der Waals surface area contributed by atoms with Crippen LogP contribution in [0.25, 0.3) is 21.9 Å². The first-order valence-electron chi connectivity index (χ1n) is 7.67. The molecule has 4 rings (SSSR count). The molecule has 0 amide bonds. The summed E-state index contributed by atoms with van der Waals surface area (Å²) < 4.78 is 2.00. The third-order valence-electron chi connectivity index (χ3n) is 3.58. The standard InChI is InChI=1S/C16H14N4.C2H6/c1-11-12-6-2-5-9-15(12)20(19-11)10-16-17-13-7-3-4-8-14(13)18-16;1-2/h2-9H,10H2,1H3,(H,17,18);1-2H3. The second-order valence-corrected chi connectivity index (χ2v) is 4.96. The third-order valence-corrected chi connectivity index (χ3v) is 3.58. The second-order valence-electron chi connectivity index (χ2n) is 4.96. The molecule has 1 N–H and O–H groups in total. The number of imidazole rings is 1. The van der Waals surface area contributed by atoms with Gasteiger partial charge in [-0.05, 0) is 25.1 Å². The molecule has 0 fully saturated rings. The molecule has 4 heteroatoms. The highest BCUT2D eigenvalue weighted by Crippen LogP contribution is 2.19. The average Bonchev–Trinajstić information content (AvgIpc) is 3.11. The summed E-state index contributed by atoms with van der Waals surface area (Å²) in [7, 11) is 0. The van der Waals surface area contributed by atoms with E-state index in [-0.39, 0.29) is 0 Å². The van der Waals surface area contributed by atoms with E-state index in [0.717, 1.165) is 28.1 Å². The number of hydrogen-bond donors (Lipinski definition) is 1. The Hall–Kier alpha value is -2.62. The molecule has 0 aliphatic heterocycles. The predicted molar refractivity (Wildman–Crippen MR) is 91.0 cm³/mol. The molecule has 22 heavy (non-hydrogen) atoms. The highest BCUT2D eigenvalue weighted by Gasteiger charge is 2.09. The number of H-pyrrole nitrogens is 1. The summed E-state index contributed by atoms with van der Waals surface area (Å²) in [6.45, 7) is 6.69. The lowest BCUT2D eigenvalue weighted by Gasteiger charge is -2.00. The van der Waals surface area contributed by atoms with Crippen LogP contribution in [0.1, 0.15) is 25.4 Å². The van der Waals surface area contributed by atoms with E-state index in [1.165, 1.54) is 5.39 Å². The molecule has 0 saturated heterocycles. The minimum atomic E-state index is 0.656. The van der Waals surface area contributed by atoms with Crippen LogP contribution in [0.4, 0.5) is 0 Å². The van der Waals surface area contributed by atoms with E-state index in [2.05, 4.69) is 27.2 Å². The van der Waals surface area contributed by atoms with E-state index in [0.29, 0.717) is 6.54 Å². The lowest BCUT2D eigenvalue weighted by atomic mass is 10.2. The number of para-hydroxylation sites is 3. The number of fused-ring (bicyclic) bond motifs is 2. The van der Waals surface area contributed by atoms with Gasteiger partial charge in [-0.3, -0.25) is 4.68 Å². The highest BCUT2D eigenvalue weighted by molar-refractivity contribution is 5.81. The molecule has 4 nitrogen and oxygen atoms in total. The molecule has 0 atom stereocenters. The number of aryl methyl sites for hydroxylation is 1. The van der Waals surface area contributed by atoms with Crippen molar-refractivity contribution in [3.63, 3.8) is 0 Å². The van der Waals surface area contributed by atoms with E-state index in [1.54, 1.807) is 0 Å². The Morgan fingerprint density at radius 1 is 1.00 bits per heavy atom. The molecule has 0 radical (unpaired) electrons. The van der Waals surface area contributed by atoms with Gasteiger partial charge in [0.2, 0.25) is 0 Å². The van der Waals surface area contributed by atoms with Crippen molar-refractivity contribution < 1.29 is 0 Å². The SMILES string of the molecule is CC.Cc1nn(Cc2nc3ccccc3[nH]2)c2ccccc12. The Morgan fingerprint density at radius 2 is 1.73 bits per heavy atom. The Balaban J connectivity index is 0.000000693. The summed E-state index contributed by atoms with van der Waals surface area (Å²) >= 11 is 0. The number of benzene rings is 2. The van der Waals surface area contributed by atoms with Crippen LogP contribution in [0.5, 0.6) is 0 Å². The molecule has 0 saturated carbocycles. The summed E-state index contributed by atoms with van der Waals surface area (Å²) in [5.41, 5.74) is 4.26. The lowest BCUT2D eigenvalue weighted by molar-refractivity contribution is 0.679. The molecule has 0 unspecified atom stereocenters. The monoisotopic (exact) mass is 292 g/mol. The topological polar surface area (TPSA) is 46.5 Å². The average molecular weight is 292 g/mol. The predicted octanol–water partition coefficient (Wildman–Crippen LogP) is 4.30. The van der Waals surface area contributed by atoms with Crippen molar-refractivity contribution in [2.45, 2.75) is 27.3 Å². The first kappa shape index (κ1) is 14.3. The number of rotatable bonds is 2. The first-order chi connectivity index (χ1) is 10.8. The number of aromatic amines is 1. The van der Waals surface area contributed by atoms with Gasteiger partial charge in [0, 0.05) is 5.39 Å². The van der Waals surface area contributed by atoms with Gasteiger partial charge in [-0.2, -0.15) is 5.10 Å². The third kappa shape index (κ3) is 2.48. The maximum atomic E-state index is 4.61. The van der Waals surface area contributed by atoms with Crippen LogP contribution >= 0.6 is 0 Å². The molecule has 0 aliphatic rings. The number of aromatic nitrogens is 4. The molecule has 2 aromatic carbocycles. The summed E-state index contributed by atoms with van der Waals surface area (Å²) in [4.78, 5) is 7.95. The van der Waals surface area contributed by atoms with Crippen molar-refractivity contribution in [2.24, 2.45) is 0 Å². The molecule has 2 heterocycles. The molecule has 0 spiro atoms. The van der Waals surface area contributed by atoms with Gasteiger partial charge < -0.3 is 4.98 Å². The van der Waals surface area contributed by atoms with Gasteiger partial charge in [-0.15, -0.1) is 0 Å². The minimum absolute atomic E-state index is 0.656. The zero-order valence-corrected chi connectivity index (χ0v) is 13.2. The van der Waals surface area contributed by atoms with Crippen molar-refractivity contribution in [3.8, 4) is 0 Å². The van der Waals surface area contributed by atoms with Gasteiger partial charge >= 0.3 is 0 Å². The molecule has 112 valence electrons. The Labute approximate surface area is 129 Å². The van der Waals surface area contributed by atoms with Crippen LogP contribution in [0, 0.1) is 6.92 Å². The molecule has 2 aromatic heterocycles. The van der Waals surface area contributed by atoms with Gasteiger partial charge in [-0.1, -0.05) is 44.2 Å². The molecular formula is C18H20N4. The van der Waals surface area contributed by atoms with E-state index >= 15 is 0 Å². The van der Waals surface area contributed by atoms with Crippen LogP contribution in [-0.4, -0.2) is 19.7 Å². The van der Waals surface area contributed by atoms with Crippen molar-refractivity contribution >= 4 is 21.9 Å². The lowest BCUT2D eigenvalue weighted by Crippen LogP contribution is -2.03. The summed E-state index contributed by atoms with van der Waals surface area (Å²) in [6, 6.07) is 16.4. The summed E-state index contributed by atoms with van der Waals surface area (Å²) in [5, 5.41) is 5.81. The fourth-order valence-electron chi connectivity index (χ4n) is 2.64. The summed E-state index contributed by atoms with van der Waals surface area (Å²) in [6.07, 6.45) is 0. The number of nitrogens with zero attached hydrogens (tertiary/aromatic N) is 3. The largest absolute Gasteiger partial charge is 0.340 e. The second kappa shape index (κ2) is 6.02. The smallest absolute Gasteiger partial charge is 0.129 e. The van der Waals surface area contributed by atoms with Crippen LogP contribution in [0.3, 0.4) is 0 Å². The van der Waals surface area contributed by atoms with Gasteiger partial charge in [0.05, 0.1) is 28.8 Å². The molecule has 0 bridgehead atoms. The van der Waals surface area contributed by atoms with E-state index in [4.69, 9.17) is 0 Å². The maximum Gasteiger partial charge on any atom is 0.129 e. The Morgan fingerprint density at radius 3 is 2.55 bits per heavy atom. The van der Waals surface area contributed by atoms with Crippen LogP contribution in [-0.2, 0) is 6.54 Å². The Bertz CT molecular complexity index is 869. The van der Waals surface area contributed by atoms with E-state index in [1.807, 2.05) is 61.9 Å². The molecule has 0 aliphatic carbocycles. The fraction of sp³-hybridized carbons (Fsp3) is 0.222. The zero-order chi connectivity index (χ0) is 15.5. The van der Waals surface area contributed by atoms with Gasteiger partial charge in [0.15, 0.2) is 0 Å². The van der Waals surface area contributed by atoms with Crippen LogP contribution < -0.4 is 0 Å². The van der Waals surface area contributed by atoms with Crippen molar-refractivity contribution in [3.05, 3.63) is 60.0 Å². The Kier molecular flexibility index (Phi) is 3.92. The van der Waals surface area contributed by atoms with E-state index < -0.39 is 0 Å². The quantitative estimate of drug-likeness (QED) is 0.599. The fourth-order valence-corrected chi connectivity index (χ4v) is 2.64. The van der Waals surface area contributed by atoms with Crippen molar-refractivity contribution in [1.82, 2.24) is 19.7 Å². The normalized spacial score (nSPS) is 10.7. The highest BCUT2D eigenvalue weighted by atomic mass is 15.3. The summed E-state index contributed by atoms with van der Waals surface area (Å²) in [5.74, 6) is 0.930. The van der Waals surface area contributed by atoms with Crippen LogP contribution in [0.2, 0.25) is 0 Å². The molecular weight excluding hydrogens is 272 g/mol. The number of hydrogen-bond acceptors (Lipinski definition) is 2. The van der Waals surface area contributed by atoms with Gasteiger partial charge in [0.25, 0.3) is 0 Å². The maximum absolute atomic E-state index is 4.61. The minimum Gasteiger partial charge on any atom is -0.340 e. The van der Waals surface area contributed by atoms with Crippen molar-refractivity contribution in [1.29, 1.82) is 0 Å². The molecule has 4 aromatic rings. The van der Waals surface area contributed by atoms with Gasteiger partial charge in [-0.25, -0.2) is 4.98 Å². The van der Waals surface area contributed by atoms with E-state index in [9.17, 15) is 0 Å². The number of nitrogens with one attached hydrogen (secondary N) is 1. The van der Waals surface area contributed by atoms with Crippen LogP contribution in [0.15, 0.2) is 48.5 Å².